The van der Waals surface area contributed by atoms with Crippen LogP contribution >= 0.6 is 11.6 Å². The predicted molar refractivity (Wildman–Crippen MR) is 121 cm³/mol. The number of carbonyl (C=O) groups excluding carboxylic acids is 1. The van der Waals surface area contributed by atoms with Gasteiger partial charge in [-0.3, -0.25) is 9.78 Å². The zero-order valence-corrected chi connectivity index (χ0v) is 19.4. The van der Waals surface area contributed by atoms with Crippen molar-refractivity contribution in [2.45, 2.75) is 44.5 Å². The molecule has 1 amide bonds. The first kappa shape index (κ1) is 23.5. The van der Waals surface area contributed by atoms with Gasteiger partial charge in [0.15, 0.2) is 5.82 Å². The van der Waals surface area contributed by atoms with Crippen LogP contribution in [0.5, 0.6) is 5.88 Å². The van der Waals surface area contributed by atoms with E-state index in [2.05, 4.69) is 19.9 Å². The topological polar surface area (TPSA) is 81.1 Å². The first-order valence-electron chi connectivity index (χ1n) is 11.1. The monoisotopic (exact) mass is 503 g/mol. The summed E-state index contributed by atoms with van der Waals surface area (Å²) in [6.45, 7) is 2.41. The van der Waals surface area contributed by atoms with E-state index in [4.69, 9.17) is 16.3 Å². The third kappa shape index (κ3) is 4.67. The number of rotatable bonds is 4. The second-order valence-electron chi connectivity index (χ2n) is 8.85. The quantitative estimate of drug-likeness (QED) is 0.499. The van der Waals surface area contributed by atoms with Gasteiger partial charge in [0, 0.05) is 31.3 Å². The molecule has 1 saturated carbocycles. The molecule has 6 rings (SSSR count). The smallest absolute Gasteiger partial charge is 0.417 e. The molecule has 3 aromatic rings. The molecule has 0 spiro atoms. The zero-order valence-electron chi connectivity index (χ0n) is 18.7. The summed E-state index contributed by atoms with van der Waals surface area (Å²) < 4.78 is 44.9. The average Bonchev–Trinajstić information content (AvgIpc) is 2.85. The lowest BCUT2D eigenvalue weighted by molar-refractivity contribution is -0.137. The Hall–Kier alpha value is -3.27. The number of alkyl halides is 3. The molecule has 5 heterocycles. The highest BCUT2D eigenvalue weighted by molar-refractivity contribution is 6.31. The zero-order chi connectivity index (χ0) is 24.7. The highest BCUT2D eigenvalue weighted by Crippen LogP contribution is 2.40. The second kappa shape index (κ2) is 9.07. The second-order valence-corrected chi connectivity index (χ2v) is 9.26. The minimum Gasteiger partial charge on any atom is -0.471 e. The number of piperidine rings is 2. The number of hydrogen-bond acceptors (Lipinski definition) is 6. The number of carbonyl (C=O) groups is 1. The molecule has 3 fully saturated rings. The van der Waals surface area contributed by atoms with Crippen LogP contribution in [-0.2, 0) is 6.18 Å². The minimum absolute atomic E-state index is 0.0692. The van der Waals surface area contributed by atoms with Crippen molar-refractivity contribution in [1.29, 1.82) is 0 Å². The maximum atomic E-state index is 13.8. The predicted octanol–water partition coefficient (Wildman–Crippen LogP) is 4.99. The Kier molecular flexibility index (Phi) is 6.08. The Morgan fingerprint density at radius 3 is 2.57 bits per heavy atom. The molecular formula is C24H21ClF3N5O2. The van der Waals surface area contributed by atoms with E-state index in [-0.39, 0.29) is 28.8 Å². The van der Waals surface area contributed by atoms with Gasteiger partial charge in [0.25, 0.3) is 5.91 Å². The van der Waals surface area contributed by atoms with Crippen molar-refractivity contribution in [2.24, 2.45) is 5.92 Å². The first-order chi connectivity index (χ1) is 16.7. The largest absolute Gasteiger partial charge is 0.471 e. The van der Waals surface area contributed by atoms with Crippen LogP contribution in [0.25, 0.3) is 11.5 Å². The molecule has 0 radical (unpaired) electrons. The van der Waals surface area contributed by atoms with Crippen molar-refractivity contribution < 1.29 is 22.7 Å². The van der Waals surface area contributed by atoms with Crippen LogP contribution in [-0.4, -0.2) is 49.4 Å². The summed E-state index contributed by atoms with van der Waals surface area (Å²) in [5, 5.41) is -0.217. The maximum absolute atomic E-state index is 13.8. The molecule has 2 aliphatic heterocycles. The van der Waals surface area contributed by atoms with Crippen molar-refractivity contribution in [3.8, 4) is 17.4 Å². The Morgan fingerprint density at radius 1 is 1.11 bits per heavy atom. The highest BCUT2D eigenvalue weighted by Gasteiger charge is 2.45. The van der Waals surface area contributed by atoms with E-state index in [9.17, 15) is 18.0 Å². The van der Waals surface area contributed by atoms with E-state index in [0.717, 1.165) is 18.1 Å². The van der Waals surface area contributed by atoms with Gasteiger partial charge in [-0.15, -0.1) is 0 Å². The maximum Gasteiger partial charge on any atom is 0.417 e. The van der Waals surface area contributed by atoms with Gasteiger partial charge >= 0.3 is 6.18 Å². The number of aromatic nitrogens is 4. The van der Waals surface area contributed by atoms with Gasteiger partial charge in [0.1, 0.15) is 16.8 Å². The molecule has 3 aromatic heterocycles. The average molecular weight is 504 g/mol. The summed E-state index contributed by atoms with van der Waals surface area (Å²) >= 11 is 6.07. The number of halogens is 4. The summed E-state index contributed by atoms with van der Waals surface area (Å²) in [5.41, 5.74) is 0.670. The van der Waals surface area contributed by atoms with Crippen LogP contribution in [0.4, 0.5) is 13.2 Å². The molecule has 3 aliphatic rings. The Bertz CT molecular complexity index is 1260. The molecule has 7 nitrogen and oxygen atoms in total. The van der Waals surface area contributed by atoms with Crippen molar-refractivity contribution in [3.63, 3.8) is 0 Å². The van der Waals surface area contributed by atoms with Gasteiger partial charge < -0.3 is 9.64 Å². The number of pyridine rings is 2. The summed E-state index contributed by atoms with van der Waals surface area (Å²) in [4.78, 5) is 32.3. The van der Waals surface area contributed by atoms with Crippen molar-refractivity contribution in [1.82, 2.24) is 24.8 Å². The lowest BCUT2D eigenvalue weighted by atomic mass is 9.77. The Morgan fingerprint density at radius 2 is 1.89 bits per heavy atom. The van der Waals surface area contributed by atoms with Crippen molar-refractivity contribution in [3.05, 3.63) is 64.7 Å². The van der Waals surface area contributed by atoms with E-state index in [1.807, 2.05) is 6.92 Å². The van der Waals surface area contributed by atoms with Gasteiger partial charge in [-0.1, -0.05) is 11.6 Å². The van der Waals surface area contributed by atoms with Crippen LogP contribution in [0.15, 0.2) is 43.0 Å². The van der Waals surface area contributed by atoms with Crippen LogP contribution in [0.3, 0.4) is 0 Å². The number of hydrogen-bond donors (Lipinski definition) is 0. The summed E-state index contributed by atoms with van der Waals surface area (Å²) in [6.07, 6.45) is 2.85. The molecule has 3 atom stereocenters. The van der Waals surface area contributed by atoms with E-state index in [0.29, 0.717) is 42.7 Å². The molecule has 0 N–H and O–H groups in total. The fourth-order valence-corrected chi connectivity index (χ4v) is 5.00. The fourth-order valence-electron chi connectivity index (χ4n) is 4.79. The Balaban J connectivity index is 1.42. The minimum atomic E-state index is -4.55. The summed E-state index contributed by atoms with van der Waals surface area (Å²) in [5.74, 6) is 0.265. The van der Waals surface area contributed by atoms with Crippen molar-refractivity contribution >= 4 is 17.5 Å². The van der Waals surface area contributed by atoms with Crippen molar-refractivity contribution in [2.75, 3.05) is 6.54 Å². The molecular weight excluding hydrogens is 483 g/mol. The van der Waals surface area contributed by atoms with Gasteiger partial charge in [0.05, 0.1) is 17.2 Å². The number of nitrogens with zero attached hydrogens (tertiary/aromatic N) is 5. The number of ether oxygens (including phenoxy) is 1. The van der Waals surface area contributed by atoms with E-state index >= 15 is 0 Å². The highest BCUT2D eigenvalue weighted by atomic mass is 35.5. The molecule has 182 valence electrons. The number of aryl methyl sites for hydroxylation is 1. The van der Waals surface area contributed by atoms with Crippen LogP contribution in [0.2, 0.25) is 5.02 Å². The summed E-state index contributed by atoms with van der Waals surface area (Å²) in [6, 6.07) is 3.98. The van der Waals surface area contributed by atoms with Gasteiger partial charge in [0.2, 0.25) is 5.88 Å². The molecule has 35 heavy (non-hydrogen) atoms. The molecule has 11 heteroatoms. The molecule has 1 aliphatic carbocycles. The third-order valence-corrected chi connectivity index (χ3v) is 6.68. The third-order valence-electron chi connectivity index (χ3n) is 6.41. The number of amides is 1. The van der Waals surface area contributed by atoms with Crippen LogP contribution in [0, 0.1) is 12.8 Å². The van der Waals surface area contributed by atoms with E-state index < -0.39 is 17.8 Å². The summed E-state index contributed by atoms with van der Waals surface area (Å²) in [7, 11) is 0. The fraction of sp³-hybridized carbons (Fsp3) is 0.375. The lowest BCUT2D eigenvalue weighted by Crippen LogP contribution is -2.59. The van der Waals surface area contributed by atoms with Crippen LogP contribution in [0.1, 0.15) is 40.7 Å². The standard InChI is InChI=1S/C24H21ClF3N5O2/c1-13-7-16(20(31-10-13)21-29-5-2-6-30-21)23(34)33-12-14-3-4-18(33)19(8-14)35-22-17(25)9-15(11-32-22)24(26,27)28/h2,5-7,9-11,14,18-19H,3-4,8,12H2,1H3/t14-,18+,19-/m1/s1. The molecule has 0 aromatic carbocycles. The molecule has 0 unspecified atom stereocenters. The Labute approximate surface area is 204 Å². The SMILES string of the molecule is Cc1cnc(-c2ncccn2)c(C(=O)N2C[C@@H]3CC[C@H]2[C@H](Oc2ncc(C(F)(F)F)cc2Cl)C3)c1. The van der Waals surface area contributed by atoms with Crippen LogP contribution < -0.4 is 4.74 Å². The normalized spacial score (nSPS) is 21.7. The van der Waals surface area contributed by atoms with Gasteiger partial charge in [-0.2, -0.15) is 13.2 Å². The van der Waals surface area contributed by atoms with Gasteiger partial charge in [-0.25, -0.2) is 15.0 Å². The molecule has 2 bridgehead atoms. The van der Waals surface area contributed by atoms with E-state index in [1.165, 1.54) is 0 Å². The first-order valence-corrected chi connectivity index (χ1v) is 11.5. The van der Waals surface area contributed by atoms with E-state index in [1.54, 1.807) is 35.6 Å². The number of fused-ring (bicyclic) bond motifs is 3. The van der Waals surface area contributed by atoms with Gasteiger partial charge in [-0.05, 0) is 55.9 Å². The lowest BCUT2D eigenvalue weighted by Gasteiger charge is -2.49. The molecule has 2 saturated heterocycles.